The Bertz CT molecular complexity index is 659. The van der Waals surface area contributed by atoms with E-state index in [9.17, 15) is 13.2 Å². The van der Waals surface area contributed by atoms with E-state index in [-0.39, 0.29) is 5.02 Å². The maximum atomic E-state index is 12.7. The summed E-state index contributed by atoms with van der Waals surface area (Å²) < 4.78 is 39.8. The van der Waals surface area contributed by atoms with Gasteiger partial charge in [-0.3, -0.25) is 4.68 Å². The number of nitrogens with zero attached hydrogens (tertiary/aromatic N) is 5. The fraction of sp³-hybridized carbons (Fsp3) is 0.500. The third-order valence-electron chi connectivity index (χ3n) is 3.88. The zero-order valence-electron chi connectivity index (χ0n) is 12.2. The summed E-state index contributed by atoms with van der Waals surface area (Å²) in [6.07, 6.45) is 1.49. The molecule has 3 rings (SSSR count). The predicted molar refractivity (Wildman–Crippen MR) is 79.2 cm³/mol. The fourth-order valence-corrected chi connectivity index (χ4v) is 3.10. The highest BCUT2D eigenvalue weighted by Crippen LogP contribution is 2.34. The Morgan fingerprint density at radius 3 is 2.83 bits per heavy atom. The molecule has 1 aliphatic heterocycles. The van der Waals surface area contributed by atoms with Crippen molar-refractivity contribution in [1.82, 2.24) is 19.7 Å². The molecule has 5 nitrogen and oxygen atoms in total. The number of hydrogen-bond acceptors (Lipinski definition) is 4. The standard InChI is InChI=1S/C14H15ClF3N5/c15-12-4-11(14(16,17)18)5-20-13(12)22-3-1-2-10(6-22)7-23-9-19-8-21-23/h4-5,8-10H,1-3,6-7H2. The minimum absolute atomic E-state index is 0.0289. The van der Waals surface area contributed by atoms with Crippen molar-refractivity contribution in [2.75, 3.05) is 18.0 Å². The Labute approximate surface area is 136 Å². The van der Waals surface area contributed by atoms with Crippen molar-refractivity contribution in [3.05, 3.63) is 35.5 Å². The molecule has 0 spiro atoms. The number of aromatic nitrogens is 4. The van der Waals surface area contributed by atoms with Gasteiger partial charge >= 0.3 is 6.18 Å². The first-order valence-corrected chi connectivity index (χ1v) is 7.61. The van der Waals surface area contributed by atoms with Gasteiger partial charge in [-0.1, -0.05) is 11.6 Å². The van der Waals surface area contributed by atoms with Crippen LogP contribution in [0, 0.1) is 5.92 Å². The van der Waals surface area contributed by atoms with E-state index >= 15 is 0 Å². The van der Waals surface area contributed by atoms with E-state index in [0.717, 1.165) is 38.2 Å². The Morgan fingerprint density at radius 2 is 2.17 bits per heavy atom. The molecule has 0 aliphatic carbocycles. The number of piperidine rings is 1. The molecular formula is C14H15ClF3N5. The van der Waals surface area contributed by atoms with Crippen molar-refractivity contribution in [3.63, 3.8) is 0 Å². The molecule has 1 unspecified atom stereocenters. The molecule has 1 saturated heterocycles. The van der Waals surface area contributed by atoms with Crippen LogP contribution in [-0.2, 0) is 12.7 Å². The molecule has 0 bridgehead atoms. The molecule has 1 atom stereocenters. The van der Waals surface area contributed by atoms with Gasteiger partial charge < -0.3 is 4.90 Å². The molecule has 3 heterocycles. The monoisotopic (exact) mass is 345 g/mol. The second kappa shape index (κ2) is 6.35. The Kier molecular flexibility index (Phi) is 4.43. The van der Waals surface area contributed by atoms with Gasteiger partial charge in [0.1, 0.15) is 18.5 Å². The van der Waals surface area contributed by atoms with Crippen LogP contribution in [0.15, 0.2) is 24.9 Å². The average molecular weight is 346 g/mol. The molecular weight excluding hydrogens is 331 g/mol. The largest absolute Gasteiger partial charge is 0.417 e. The first-order chi connectivity index (χ1) is 10.9. The average Bonchev–Trinajstić information content (AvgIpc) is 2.99. The van der Waals surface area contributed by atoms with Crippen LogP contribution in [0.3, 0.4) is 0 Å². The number of hydrogen-bond donors (Lipinski definition) is 0. The summed E-state index contributed by atoms with van der Waals surface area (Å²) in [7, 11) is 0. The second-order valence-electron chi connectivity index (χ2n) is 5.60. The molecule has 2 aromatic heterocycles. The van der Waals surface area contributed by atoms with Crippen molar-refractivity contribution in [2.45, 2.75) is 25.6 Å². The molecule has 9 heteroatoms. The quantitative estimate of drug-likeness (QED) is 0.856. The third-order valence-corrected chi connectivity index (χ3v) is 4.16. The normalized spacial score (nSPS) is 19.1. The van der Waals surface area contributed by atoms with Gasteiger partial charge in [-0.25, -0.2) is 9.97 Å². The highest BCUT2D eigenvalue weighted by molar-refractivity contribution is 6.33. The lowest BCUT2D eigenvalue weighted by molar-refractivity contribution is -0.137. The van der Waals surface area contributed by atoms with E-state index in [1.54, 1.807) is 11.0 Å². The lowest BCUT2D eigenvalue weighted by atomic mass is 9.98. The Balaban J connectivity index is 1.73. The van der Waals surface area contributed by atoms with Gasteiger partial charge in [-0.2, -0.15) is 18.3 Å². The number of halogens is 4. The van der Waals surface area contributed by atoms with Crippen molar-refractivity contribution >= 4 is 17.4 Å². The van der Waals surface area contributed by atoms with E-state index in [0.29, 0.717) is 18.3 Å². The third kappa shape index (κ3) is 3.74. The van der Waals surface area contributed by atoms with Crippen molar-refractivity contribution in [2.24, 2.45) is 5.92 Å². The number of alkyl halides is 3. The van der Waals surface area contributed by atoms with Crippen LogP contribution in [0.5, 0.6) is 0 Å². The summed E-state index contributed by atoms with van der Waals surface area (Å²) in [4.78, 5) is 9.79. The summed E-state index contributed by atoms with van der Waals surface area (Å²) >= 11 is 6.03. The highest BCUT2D eigenvalue weighted by atomic mass is 35.5. The first kappa shape index (κ1) is 16.0. The van der Waals surface area contributed by atoms with Crippen LogP contribution in [0.1, 0.15) is 18.4 Å². The van der Waals surface area contributed by atoms with Crippen LogP contribution in [0.25, 0.3) is 0 Å². The number of pyridine rings is 1. The minimum Gasteiger partial charge on any atom is -0.355 e. The topological polar surface area (TPSA) is 46.8 Å². The van der Waals surface area contributed by atoms with E-state index in [4.69, 9.17) is 11.6 Å². The molecule has 0 saturated carbocycles. The van der Waals surface area contributed by atoms with Crippen LogP contribution in [0.2, 0.25) is 5.02 Å². The van der Waals surface area contributed by atoms with Crippen LogP contribution in [-0.4, -0.2) is 32.8 Å². The number of rotatable bonds is 3. The molecule has 2 aromatic rings. The summed E-state index contributed by atoms with van der Waals surface area (Å²) in [5.41, 5.74) is -0.831. The van der Waals surface area contributed by atoms with Crippen LogP contribution < -0.4 is 4.90 Å². The molecule has 0 aromatic carbocycles. The first-order valence-electron chi connectivity index (χ1n) is 7.23. The van der Waals surface area contributed by atoms with Crippen LogP contribution >= 0.6 is 11.6 Å². The summed E-state index contributed by atoms with van der Waals surface area (Å²) in [6.45, 7) is 2.12. The Morgan fingerprint density at radius 1 is 1.35 bits per heavy atom. The molecule has 0 radical (unpaired) electrons. The molecule has 0 amide bonds. The SMILES string of the molecule is FC(F)(F)c1cnc(N2CCCC(Cn3cncn3)C2)c(Cl)c1. The highest BCUT2D eigenvalue weighted by Gasteiger charge is 2.32. The molecule has 0 N–H and O–H groups in total. The van der Waals surface area contributed by atoms with Gasteiger partial charge in [0.05, 0.1) is 10.6 Å². The summed E-state index contributed by atoms with van der Waals surface area (Å²) in [5, 5.41) is 4.11. The molecule has 1 fully saturated rings. The van der Waals surface area contributed by atoms with Gasteiger partial charge in [0.25, 0.3) is 0 Å². The van der Waals surface area contributed by atoms with Crippen molar-refractivity contribution in [1.29, 1.82) is 0 Å². The van der Waals surface area contributed by atoms with Gasteiger partial charge in [-0.15, -0.1) is 0 Å². The molecule has 124 valence electrons. The van der Waals surface area contributed by atoms with Gasteiger partial charge in [0.15, 0.2) is 0 Å². The van der Waals surface area contributed by atoms with Crippen LogP contribution in [0.4, 0.5) is 19.0 Å². The smallest absolute Gasteiger partial charge is 0.355 e. The minimum atomic E-state index is -4.44. The predicted octanol–water partition coefficient (Wildman–Crippen LogP) is 3.26. The van der Waals surface area contributed by atoms with Crippen molar-refractivity contribution < 1.29 is 13.2 Å². The van der Waals surface area contributed by atoms with E-state index in [1.165, 1.54) is 6.33 Å². The zero-order chi connectivity index (χ0) is 16.4. The van der Waals surface area contributed by atoms with E-state index in [1.807, 2.05) is 4.90 Å². The van der Waals surface area contributed by atoms with E-state index < -0.39 is 11.7 Å². The molecule has 1 aliphatic rings. The second-order valence-corrected chi connectivity index (χ2v) is 6.01. The van der Waals surface area contributed by atoms with Crippen molar-refractivity contribution in [3.8, 4) is 0 Å². The number of anilines is 1. The lowest BCUT2D eigenvalue weighted by Crippen LogP contribution is -2.37. The summed E-state index contributed by atoms with van der Waals surface area (Å²) in [6, 6.07) is 0.935. The van der Waals surface area contributed by atoms with E-state index in [2.05, 4.69) is 15.1 Å². The molecule has 23 heavy (non-hydrogen) atoms. The lowest BCUT2D eigenvalue weighted by Gasteiger charge is -2.34. The fourth-order valence-electron chi connectivity index (χ4n) is 2.82. The van der Waals surface area contributed by atoms with Gasteiger partial charge in [-0.05, 0) is 24.8 Å². The van der Waals surface area contributed by atoms with Gasteiger partial charge in [0, 0.05) is 25.8 Å². The maximum Gasteiger partial charge on any atom is 0.417 e. The van der Waals surface area contributed by atoms with Gasteiger partial charge in [0.2, 0.25) is 0 Å². The maximum absolute atomic E-state index is 12.7. The zero-order valence-corrected chi connectivity index (χ0v) is 12.9. The summed E-state index contributed by atoms with van der Waals surface area (Å²) in [5.74, 6) is 0.730. The Hall–Kier alpha value is -1.83.